The van der Waals surface area contributed by atoms with Gasteiger partial charge < -0.3 is 5.73 Å². The Balaban J connectivity index is 2.00. The van der Waals surface area contributed by atoms with Gasteiger partial charge in [-0.25, -0.2) is 0 Å². The van der Waals surface area contributed by atoms with Gasteiger partial charge in [0.15, 0.2) is 0 Å². The molecule has 110 valence electrons. The van der Waals surface area contributed by atoms with Crippen LogP contribution in [-0.4, -0.2) is 24.5 Å². The van der Waals surface area contributed by atoms with Gasteiger partial charge >= 0.3 is 0 Å². The van der Waals surface area contributed by atoms with E-state index < -0.39 is 0 Å². The zero-order valence-electron chi connectivity index (χ0n) is 12.9. The Bertz CT molecular complexity index is 466. The van der Waals surface area contributed by atoms with E-state index in [0.29, 0.717) is 5.92 Å². The molecule has 1 aromatic carbocycles. The van der Waals surface area contributed by atoms with E-state index in [1.54, 1.807) is 0 Å². The highest BCUT2D eigenvalue weighted by Crippen LogP contribution is 2.45. The molecule has 0 amide bonds. The summed E-state index contributed by atoms with van der Waals surface area (Å²) in [5, 5.41) is 0. The highest BCUT2D eigenvalue weighted by molar-refractivity contribution is 5.39. The first-order valence-electron chi connectivity index (χ1n) is 8.25. The molecule has 0 radical (unpaired) electrons. The third-order valence-electron chi connectivity index (χ3n) is 5.48. The smallest absolute Gasteiger partial charge is 0.0586 e. The molecule has 1 aromatic rings. The van der Waals surface area contributed by atoms with E-state index in [4.69, 9.17) is 5.73 Å². The first-order chi connectivity index (χ1) is 9.71. The van der Waals surface area contributed by atoms with Crippen LogP contribution in [0.25, 0.3) is 0 Å². The van der Waals surface area contributed by atoms with Crippen LogP contribution in [0.1, 0.15) is 56.6 Å². The van der Waals surface area contributed by atoms with Gasteiger partial charge in [-0.3, -0.25) is 4.90 Å². The first-order valence-corrected chi connectivity index (χ1v) is 8.25. The molecule has 2 unspecified atom stereocenters. The van der Waals surface area contributed by atoms with Gasteiger partial charge in [0, 0.05) is 13.1 Å². The van der Waals surface area contributed by atoms with Gasteiger partial charge in [-0.05, 0) is 55.2 Å². The SMILES string of the molecule is CCN(CC1CC1)C1(CN)CCC(C)c2ccccc21. The van der Waals surface area contributed by atoms with Gasteiger partial charge in [-0.15, -0.1) is 0 Å². The number of nitrogens with two attached hydrogens (primary N) is 1. The van der Waals surface area contributed by atoms with Crippen molar-refractivity contribution in [2.24, 2.45) is 11.7 Å². The van der Waals surface area contributed by atoms with E-state index >= 15 is 0 Å². The summed E-state index contributed by atoms with van der Waals surface area (Å²) < 4.78 is 0. The molecule has 1 saturated carbocycles. The number of hydrogen-bond donors (Lipinski definition) is 1. The monoisotopic (exact) mass is 272 g/mol. The lowest BCUT2D eigenvalue weighted by Crippen LogP contribution is -2.54. The van der Waals surface area contributed by atoms with Crippen molar-refractivity contribution >= 4 is 0 Å². The van der Waals surface area contributed by atoms with Crippen LogP contribution in [0.5, 0.6) is 0 Å². The summed E-state index contributed by atoms with van der Waals surface area (Å²) in [6.07, 6.45) is 5.29. The number of hydrogen-bond acceptors (Lipinski definition) is 2. The molecule has 0 saturated heterocycles. The number of benzene rings is 1. The Labute approximate surface area is 123 Å². The molecule has 0 heterocycles. The van der Waals surface area contributed by atoms with Crippen molar-refractivity contribution in [2.45, 2.75) is 51.0 Å². The molecular weight excluding hydrogens is 244 g/mol. The highest BCUT2D eigenvalue weighted by Gasteiger charge is 2.43. The summed E-state index contributed by atoms with van der Waals surface area (Å²) in [5.41, 5.74) is 9.44. The van der Waals surface area contributed by atoms with Crippen molar-refractivity contribution in [3.8, 4) is 0 Å². The average Bonchev–Trinajstić information content (AvgIpc) is 3.31. The van der Waals surface area contributed by atoms with Gasteiger partial charge in [0.05, 0.1) is 5.54 Å². The van der Waals surface area contributed by atoms with E-state index in [1.165, 1.54) is 43.4 Å². The molecule has 2 aliphatic carbocycles. The van der Waals surface area contributed by atoms with Gasteiger partial charge in [0.25, 0.3) is 0 Å². The zero-order valence-corrected chi connectivity index (χ0v) is 12.9. The normalized spacial score (nSPS) is 29.5. The molecule has 2 nitrogen and oxygen atoms in total. The Morgan fingerprint density at radius 2 is 2.00 bits per heavy atom. The lowest BCUT2D eigenvalue weighted by molar-refractivity contribution is 0.0711. The predicted octanol–water partition coefficient (Wildman–Crippen LogP) is 3.47. The molecule has 0 bridgehead atoms. The van der Waals surface area contributed by atoms with Crippen LogP contribution in [0, 0.1) is 5.92 Å². The molecule has 3 rings (SSSR count). The topological polar surface area (TPSA) is 29.3 Å². The Kier molecular flexibility index (Phi) is 3.87. The number of nitrogens with zero attached hydrogens (tertiary/aromatic N) is 1. The van der Waals surface area contributed by atoms with Gasteiger partial charge in [-0.1, -0.05) is 38.1 Å². The number of fused-ring (bicyclic) bond motifs is 1. The van der Waals surface area contributed by atoms with Crippen molar-refractivity contribution in [1.82, 2.24) is 4.90 Å². The Morgan fingerprint density at radius 1 is 1.25 bits per heavy atom. The summed E-state index contributed by atoms with van der Waals surface area (Å²) in [5.74, 6) is 1.59. The maximum atomic E-state index is 6.33. The summed E-state index contributed by atoms with van der Waals surface area (Å²) >= 11 is 0. The fraction of sp³-hybridized carbons (Fsp3) is 0.667. The largest absolute Gasteiger partial charge is 0.328 e. The lowest BCUT2D eigenvalue weighted by atomic mass is 9.71. The van der Waals surface area contributed by atoms with E-state index in [1.807, 2.05) is 0 Å². The Morgan fingerprint density at radius 3 is 2.65 bits per heavy atom. The van der Waals surface area contributed by atoms with E-state index in [2.05, 4.69) is 43.0 Å². The molecule has 2 N–H and O–H groups in total. The highest BCUT2D eigenvalue weighted by atomic mass is 15.2. The van der Waals surface area contributed by atoms with Crippen LogP contribution in [0.2, 0.25) is 0 Å². The predicted molar refractivity (Wildman–Crippen MR) is 84.8 cm³/mol. The van der Waals surface area contributed by atoms with E-state index in [9.17, 15) is 0 Å². The lowest BCUT2D eigenvalue weighted by Gasteiger charge is -2.48. The fourth-order valence-electron chi connectivity index (χ4n) is 3.98. The number of rotatable bonds is 5. The fourth-order valence-corrected chi connectivity index (χ4v) is 3.98. The van der Waals surface area contributed by atoms with Crippen LogP contribution >= 0.6 is 0 Å². The average molecular weight is 272 g/mol. The molecule has 2 atom stereocenters. The second kappa shape index (κ2) is 5.50. The summed E-state index contributed by atoms with van der Waals surface area (Å²) in [6.45, 7) is 7.74. The summed E-state index contributed by atoms with van der Waals surface area (Å²) in [6, 6.07) is 9.01. The van der Waals surface area contributed by atoms with Crippen molar-refractivity contribution in [1.29, 1.82) is 0 Å². The van der Waals surface area contributed by atoms with Gasteiger partial charge in [0.1, 0.15) is 0 Å². The molecule has 20 heavy (non-hydrogen) atoms. The summed E-state index contributed by atoms with van der Waals surface area (Å²) in [7, 11) is 0. The Hall–Kier alpha value is -0.860. The molecule has 2 heteroatoms. The van der Waals surface area contributed by atoms with Crippen molar-refractivity contribution in [2.75, 3.05) is 19.6 Å². The molecule has 1 fully saturated rings. The van der Waals surface area contributed by atoms with E-state index in [-0.39, 0.29) is 5.54 Å². The second-order valence-corrected chi connectivity index (χ2v) is 6.74. The van der Waals surface area contributed by atoms with Crippen molar-refractivity contribution < 1.29 is 0 Å². The molecule has 0 aliphatic heterocycles. The standard InChI is InChI=1S/C18H28N2/c1-3-20(12-15-8-9-15)18(13-19)11-10-14(2)16-6-4-5-7-17(16)18/h4-7,14-15H,3,8-13,19H2,1-2H3. The van der Waals surface area contributed by atoms with Crippen LogP contribution in [0.15, 0.2) is 24.3 Å². The third-order valence-corrected chi connectivity index (χ3v) is 5.48. The molecule has 2 aliphatic rings. The molecular formula is C18H28N2. The van der Waals surface area contributed by atoms with Crippen molar-refractivity contribution in [3.05, 3.63) is 35.4 Å². The van der Waals surface area contributed by atoms with Gasteiger partial charge in [0.2, 0.25) is 0 Å². The van der Waals surface area contributed by atoms with Crippen LogP contribution in [-0.2, 0) is 5.54 Å². The molecule has 0 spiro atoms. The number of likely N-dealkylation sites (N-methyl/N-ethyl adjacent to an activating group) is 1. The molecule has 0 aromatic heterocycles. The third kappa shape index (κ3) is 2.29. The minimum Gasteiger partial charge on any atom is -0.328 e. The van der Waals surface area contributed by atoms with Crippen LogP contribution < -0.4 is 5.73 Å². The minimum absolute atomic E-state index is 0.0838. The van der Waals surface area contributed by atoms with Crippen LogP contribution in [0.3, 0.4) is 0 Å². The summed E-state index contributed by atoms with van der Waals surface area (Å²) in [4.78, 5) is 2.68. The van der Waals surface area contributed by atoms with Crippen LogP contribution in [0.4, 0.5) is 0 Å². The first kappa shape index (κ1) is 14.1. The van der Waals surface area contributed by atoms with E-state index in [0.717, 1.165) is 19.0 Å². The quantitative estimate of drug-likeness (QED) is 0.889. The minimum atomic E-state index is 0.0838. The van der Waals surface area contributed by atoms with Gasteiger partial charge in [-0.2, -0.15) is 0 Å². The van der Waals surface area contributed by atoms with Crippen molar-refractivity contribution in [3.63, 3.8) is 0 Å². The zero-order chi connectivity index (χ0) is 14.2. The second-order valence-electron chi connectivity index (χ2n) is 6.74. The maximum Gasteiger partial charge on any atom is 0.0586 e. The maximum absolute atomic E-state index is 6.33.